The zero-order valence-electron chi connectivity index (χ0n) is 12.8. The van der Waals surface area contributed by atoms with Crippen molar-refractivity contribution in [3.8, 4) is 0 Å². The van der Waals surface area contributed by atoms with E-state index in [4.69, 9.17) is 4.42 Å². The SMILES string of the molecule is Cc1[nH]cnc1C(=O)NCC1CCCN(Cc2ccoc2)C1. The van der Waals surface area contributed by atoms with Gasteiger partial charge < -0.3 is 14.7 Å². The fourth-order valence-electron chi connectivity index (χ4n) is 3.01. The molecule has 22 heavy (non-hydrogen) atoms. The second kappa shape index (κ2) is 6.79. The van der Waals surface area contributed by atoms with Gasteiger partial charge in [-0.15, -0.1) is 0 Å². The highest BCUT2D eigenvalue weighted by Crippen LogP contribution is 2.18. The molecule has 3 heterocycles. The zero-order chi connectivity index (χ0) is 15.4. The van der Waals surface area contributed by atoms with E-state index in [1.165, 1.54) is 12.0 Å². The van der Waals surface area contributed by atoms with Crippen molar-refractivity contribution in [2.75, 3.05) is 19.6 Å². The van der Waals surface area contributed by atoms with Gasteiger partial charge in [0.05, 0.1) is 18.9 Å². The van der Waals surface area contributed by atoms with E-state index in [0.29, 0.717) is 18.2 Å². The Morgan fingerprint density at radius 2 is 2.50 bits per heavy atom. The Balaban J connectivity index is 1.48. The Labute approximate surface area is 129 Å². The first kappa shape index (κ1) is 14.8. The van der Waals surface area contributed by atoms with E-state index in [1.807, 2.05) is 13.0 Å². The van der Waals surface area contributed by atoms with Gasteiger partial charge >= 0.3 is 0 Å². The van der Waals surface area contributed by atoms with Gasteiger partial charge in [0, 0.05) is 30.9 Å². The van der Waals surface area contributed by atoms with Gasteiger partial charge in [-0.1, -0.05) is 0 Å². The van der Waals surface area contributed by atoms with Gasteiger partial charge in [-0.2, -0.15) is 0 Å². The number of aryl methyl sites for hydroxylation is 1. The summed E-state index contributed by atoms with van der Waals surface area (Å²) in [6, 6.07) is 2.01. The molecule has 3 rings (SSSR count). The first-order chi connectivity index (χ1) is 10.7. The molecule has 2 N–H and O–H groups in total. The van der Waals surface area contributed by atoms with Crippen LogP contribution >= 0.6 is 0 Å². The fourth-order valence-corrected chi connectivity index (χ4v) is 3.01. The maximum atomic E-state index is 12.1. The molecule has 2 aromatic rings. The summed E-state index contributed by atoms with van der Waals surface area (Å²) in [6.45, 7) is 5.58. The highest BCUT2D eigenvalue weighted by molar-refractivity contribution is 5.93. The maximum absolute atomic E-state index is 12.1. The lowest BCUT2D eigenvalue weighted by atomic mass is 9.97. The molecule has 0 bridgehead atoms. The van der Waals surface area contributed by atoms with Gasteiger partial charge in [-0.25, -0.2) is 4.98 Å². The highest BCUT2D eigenvalue weighted by atomic mass is 16.3. The van der Waals surface area contributed by atoms with E-state index in [2.05, 4.69) is 20.2 Å². The molecule has 0 aromatic carbocycles. The van der Waals surface area contributed by atoms with Crippen LogP contribution in [0, 0.1) is 12.8 Å². The molecule has 0 saturated carbocycles. The number of furan rings is 1. The van der Waals surface area contributed by atoms with Crippen LogP contribution < -0.4 is 5.32 Å². The van der Waals surface area contributed by atoms with Crippen molar-refractivity contribution >= 4 is 5.91 Å². The number of piperidine rings is 1. The van der Waals surface area contributed by atoms with E-state index in [9.17, 15) is 4.79 Å². The van der Waals surface area contributed by atoms with E-state index >= 15 is 0 Å². The molecule has 6 nitrogen and oxygen atoms in total. The number of hydrogen-bond acceptors (Lipinski definition) is 4. The van der Waals surface area contributed by atoms with Crippen LogP contribution in [0.5, 0.6) is 0 Å². The molecule has 0 spiro atoms. The summed E-state index contributed by atoms with van der Waals surface area (Å²) in [5, 5.41) is 3.01. The lowest BCUT2D eigenvalue weighted by Crippen LogP contribution is -2.40. The van der Waals surface area contributed by atoms with E-state index < -0.39 is 0 Å². The minimum Gasteiger partial charge on any atom is -0.472 e. The average Bonchev–Trinajstić information content (AvgIpc) is 3.17. The van der Waals surface area contributed by atoms with Gasteiger partial charge in [0.15, 0.2) is 0 Å². The minimum atomic E-state index is -0.0919. The monoisotopic (exact) mass is 302 g/mol. The standard InChI is InChI=1S/C16H22N4O2/c1-12-15(19-11-18-12)16(21)17-7-13-3-2-5-20(8-13)9-14-4-6-22-10-14/h4,6,10-11,13H,2-3,5,7-9H2,1H3,(H,17,21)(H,18,19). The Kier molecular flexibility index (Phi) is 4.58. The molecule has 1 aliphatic rings. The number of rotatable bonds is 5. The van der Waals surface area contributed by atoms with E-state index in [1.54, 1.807) is 18.9 Å². The molecule has 0 radical (unpaired) electrons. The third-order valence-electron chi connectivity index (χ3n) is 4.19. The number of aromatic nitrogens is 2. The predicted octanol–water partition coefficient (Wildman–Crippen LogP) is 1.95. The lowest BCUT2D eigenvalue weighted by molar-refractivity contribution is 0.0925. The predicted molar refractivity (Wildman–Crippen MR) is 82.4 cm³/mol. The smallest absolute Gasteiger partial charge is 0.271 e. The van der Waals surface area contributed by atoms with Crippen molar-refractivity contribution < 1.29 is 9.21 Å². The van der Waals surface area contributed by atoms with E-state index in [0.717, 1.165) is 31.7 Å². The van der Waals surface area contributed by atoms with Crippen molar-refractivity contribution in [1.82, 2.24) is 20.2 Å². The van der Waals surface area contributed by atoms with Gasteiger partial charge in [-0.3, -0.25) is 9.69 Å². The van der Waals surface area contributed by atoms with Crippen molar-refractivity contribution in [3.05, 3.63) is 41.9 Å². The van der Waals surface area contributed by atoms with Gasteiger partial charge in [-0.05, 0) is 38.3 Å². The average molecular weight is 302 g/mol. The largest absolute Gasteiger partial charge is 0.472 e. The quantitative estimate of drug-likeness (QED) is 0.885. The summed E-state index contributed by atoms with van der Waals surface area (Å²) in [4.78, 5) is 21.5. The summed E-state index contributed by atoms with van der Waals surface area (Å²) in [5.74, 6) is 0.398. The topological polar surface area (TPSA) is 74.2 Å². The number of carbonyl (C=O) groups excluding carboxylic acids is 1. The molecule has 1 aliphatic heterocycles. The second-order valence-electron chi connectivity index (χ2n) is 5.96. The van der Waals surface area contributed by atoms with Crippen LogP contribution in [0.15, 0.2) is 29.3 Å². The molecule has 2 aromatic heterocycles. The highest BCUT2D eigenvalue weighted by Gasteiger charge is 2.21. The molecular weight excluding hydrogens is 280 g/mol. The van der Waals surface area contributed by atoms with Crippen LogP contribution in [-0.2, 0) is 6.54 Å². The molecule has 1 atom stereocenters. The van der Waals surface area contributed by atoms with Gasteiger partial charge in [0.1, 0.15) is 5.69 Å². The Morgan fingerprint density at radius 1 is 1.59 bits per heavy atom. The zero-order valence-corrected chi connectivity index (χ0v) is 12.8. The normalized spacial score (nSPS) is 19.2. The number of H-pyrrole nitrogens is 1. The first-order valence-corrected chi connectivity index (χ1v) is 7.74. The number of imidazole rings is 1. The molecule has 1 fully saturated rings. The Hall–Kier alpha value is -2.08. The number of hydrogen-bond donors (Lipinski definition) is 2. The van der Waals surface area contributed by atoms with E-state index in [-0.39, 0.29) is 5.91 Å². The van der Waals surface area contributed by atoms with Crippen LogP contribution in [-0.4, -0.2) is 40.4 Å². The summed E-state index contributed by atoms with van der Waals surface area (Å²) < 4.78 is 5.12. The van der Waals surface area contributed by atoms with Crippen LogP contribution in [0.1, 0.15) is 34.6 Å². The molecule has 6 heteroatoms. The number of likely N-dealkylation sites (tertiary alicyclic amines) is 1. The summed E-state index contributed by atoms with van der Waals surface area (Å²) in [7, 11) is 0. The van der Waals surface area contributed by atoms with Crippen LogP contribution in [0.4, 0.5) is 0 Å². The van der Waals surface area contributed by atoms with Gasteiger partial charge in [0.25, 0.3) is 5.91 Å². The number of carbonyl (C=O) groups is 1. The number of amides is 1. The summed E-state index contributed by atoms with van der Waals surface area (Å²) >= 11 is 0. The molecule has 1 unspecified atom stereocenters. The third-order valence-corrected chi connectivity index (χ3v) is 4.19. The second-order valence-corrected chi connectivity index (χ2v) is 5.96. The fraction of sp³-hybridized carbons (Fsp3) is 0.500. The van der Waals surface area contributed by atoms with Gasteiger partial charge in [0.2, 0.25) is 0 Å². The van der Waals surface area contributed by atoms with Crippen molar-refractivity contribution in [2.45, 2.75) is 26.3 Å². The van der Waals surface area contributed by atoms with Crippen molar-refractivity contribution in [3.63, 3.8) is 0 Å². The number of nitrogens with one attached hydrogen (secondary N) is 2. The lowest BCUT2D eigenvalue weighted by Gasteiger charge is -2.32. The molecule has 1 amide bonds. The number of nitrogens with zero attached hydrogens (tertiary/aromatic N) is 2. The Morgan fingerprint density at radius 3 is 3.23 bits per heavy atom. The minimum absolute atomic E-state index is 0.0919. The summed E-state index contributed by atoms with van der Waals surface area (Å²) in [6.07, 6.45) is 7.38. The molecule has 118 valence electrons. The summed E-state index contributed by atoms with van der Waals surface area (Å²) in [5.41, 5.74) is 2.51. The molecular formula is C16H22N4O2. The van der Waals surface area contributed by atoms with Crippen molar-refractivity contribution in [1.29, 1.82) is 0 Å². The van der Waals surface area contributed by atoms with Crippen molar-refractivity contribution in [2.24, 2.45) is 5.92 Å². The maximum Gasteiger partial charge on any atom is 0.271 e. The van der Waals surface area contributed by atoms with Crippen LogP contribution in [0.25, 0.3) is 0 Å². The van der Waals surface area contributed by atoms with Crippen LogP contribution in [0.2, 0.25) is 0 Å². The Bertz CT molecular complexity index is 605. The number of aromatic amines is 1. The molecule has 1 saturated heterocycles. The third kappa shape index (κ3) is 3.57. The first-order valence-electron chi connectivity index (χ1n) is 7.74. The molecule has 0 aliphatic carbocycles. The van der Waals surface area contributed by atoms with Crippen LogP contribution in [0.3, 0.4) is 0 Å².